The molecule has 0 radical (unpaired) electrons. The molecule has 1 saturated carbocycles. The number of aryl methyl sites for hydroxylation is 1. The lowest BCUT2D eigenvalue weighted by atomic mass is 10.1. The van der Waals surface area contributed by atoms with Crippen molar-refractivity contribution in [2.75, 3.05) is 0 Å². The van der Waals surface area contributed by atoms with Gasteiger partial charge in [-0.1, -0.05) is 25.0 Å². The van der Waals surface area contributed by atoms with Crippen LogP contribution in [0.2, 0.25) is 0 Å². The predicted molar refractivity (Wildman–Crippen MR) is 77.8 cm³/mol. The maximum atomic E-state index is 13.3. The first-order chi connectivity index (χ1) is 9.72. The quantitative estimate of drug-likeness (QED) is 0.894. The lowest BCUT2D eigenvalue weighted by Gasteiger charge is -2.09. The minimum Gasteiger partial charge on any atom is -0.344 e. The standard InChI is InChI=1S/C16H20FN3/c1-11-16(12-5-4-6-13(17)9-12)20-15(19-11)10-18-14-7-2-3-8-14/h4-6,9,14,18H,2-3,7-8,10H2,1H3,(H,19,20). The number of imidazole rings is 1. The molecule has 4 heteroatoms. The number of aromatic nitrogens is 2. The van der Waals surface area contributed by atoms with Gasteiger partial charge in [-0.3, -0.25) is 0 Å². The number of hydrogen-bond donors (Lipinski definition) is 2. The summed E-state index contributed by atoms with van der Waals surface area (Å²) in [6, 6.07) is 7.21. The number of benzene rings is 1. The smallest absolute Gasteiger partial charge is 0.123 e. The van der Waals surface area contributed by atoms with E-state index in [9.17, 15) is 4.39 Å². The maximum absolute atomic E-state index is 13.3. The molecule has 0 amide bonds. The van der Waals surface area contributed by atoms with Crippen LogP contribution in [0.25, 0.3) is 11.3 Å². The van der Waals surface area contributed by atoms with Gasteiger partial charge in [0.1, 0.15) is 11.6 Å². The molecule has 0 aliphatic heterocycles. The first kappa shape index (κ1) is 13.3. The van der Waals surface area contributed by atoms with Gasteiger partial charge in [-0.15, -0.1) is 0 Å². The SMILES string of the molecule is Cc1[nH]c(CNC2CCCC2)nc1-c1cccc(F)c1. The van der Waals surface area contributed by atoms with Crippen LogP contribution in [0.1, 0.15) is 37.2 Å². The molecule has 1 heterocycles. The molecule has 3 nitrogen and oxygen atoms in total. The Morgan fingerprint density at radius 3 is 2.90 bits per heavy atom. The monoisotopic (exact) mass is 273 g/mol. The van der Waals surface area contributed by atoms with E-state index in [2.05, 4.69) is 15.3 Å². The van der Waals surface area contributed by atoms with E-state index in [4.69, 9.17) is 0 Å². The van der Waals surface area contributed by atoms with Crippen LogP contribution >= 0.6 is 0 Å². The van der Waals surface area contributed by atoms with Gasteiger partial charge < -0.3 is 10.3 Å². The Kier molecular flexibility index (Phi) is 3.83. The number of nitrogens with zero attached hydrogens (tertiary/aromatic N) is 1. The van der Waals surface area contributed by atoms with Crippen LogP contribution in [0, 0.1) is 12.7 Å². The summed E-state index contributed by atoms with van der Waals surface area (Å²) in [5.41, 5.74) is 2.65. The third-order valence-corrected chi connectivity index (χ3v) is 3.95. The Bertz CT molecular complexity index is 585. The molecular weight excluding hydrogens is 253 g/mol. The summed E-state index contributed by atoms with van der Waals surface area (Å²) in [5.74, 6) is 0.698. The van der Waals surface area contributed by atoms with Crippen molar-refractivity contribution in [3.63, 3.8) is 0 Å². The fourth-order valence-electron chi connectivity index (χ4n) is 2.89. The Hall–Kier alpha value is -1.68. The highest BCUT2D eigenvalue weighted by atomic mass is 19.1. The maximum Gasteiger partial charge on any atom is 0.123 e. The number of rotatable bonds is 4. The van der Waals surface area contributed by atoms with Crippen molar-refractivity contribution < 1.29 is 4.39 Å². The van der Waals surface area contributed by atoms with Gasteiger partial charge in [0, 0.05) is 17.3 Å². The highest BCUT2D eigenvalue weighted by Crippen LogP contribution is 2.22. The van der Waals surface area contributed by atoms with Crippen LogP contribution in [-0.2, 0) is 6.54 Å². The van der Waals surface area contributed by atoms with Crippen LogP contribution in [0.15, 0.2) is 24.3 Å². The molecule has 2 N–H and O–H groups in total. The van der Waals surface area contributed by atoms with E-state index >= 15 is 0 Å². The van der Waals surface area contributed by atoms with Gasteiger partial charge in [0.2, 0.25) is 0 Å². The number of halogens is 1. The van der Waals surface area contributed by atoms with Crippen molar-refractivity contribution >= 4 is 0 Å². The number of aromatic amines is 1. The van der Waals surface area contributed by atoms with Crippen LogP contribution in [-0.4, -0.2) is 16.0 Å². The largest absolute Gasteiger partial charge is 0.344 e. The summed E-state index contributed by atoms with van der Waals surface area (Å²) in [5, 5.41) is 3.53. The van der Waals surface area contributed by atoms with Gasteiger partial charge in [-0.05, 0) is 31.9 Å². The molecule has 0 atom stereocenters. The fraction of sp³-hybridized carbons (Fsp3) is 0.438. The molecule has 20 heavy (non-hydrogen) atoms. The third-order valence-electron chi connectivity index (χ3n) is 3.95. The number of H-pyrrole nitrogens is 1. The van der Waals surface area contributed by atoms with Crippen molar-refractivity contribution in [3.8, 4) is 11.3 Å². The van der Waals surface area contributed by atoms with E-state index in [1.54, 1.807) is 6.07 Å². The Balaban J connectivity index is 1.73. The van der Waals surface area contributed by atoms with Crippen molar-refractivity contribution in [3.05, 3.63) is 41.6 Å². The van der Waals surface area contributed by atoms with E-state index in [1.807, 2.05) is 13.0 Å². The molecule has 1 aromatic carbocycles. The summed E-state index contributed by atoms with van der Waals surface area (Å²) in [6.45, 7) is 2.73. The van der Waals surface area contributed by atoms with E-state index in [-0.39, 0.29) is 5.82 Å². The minimum absolute atomic E-state index is 0.226. The summed E-state index contributed by atoms with van der Waals surface area (Å²) in [6.07, 6.45) is 5.17. The van der Waals surface area contributed by atoms with Gasteiger partial charge in [0.05, 0.1) is 12.2 Å². The van der Waals surface area contributed by atoms with Gasteiger partial charge in [-0.2, -0.15) is 0 Å². The van der Waals surface area contributed by atoms with Crippen LogP contribution in [0.5, 0.6) is 0 Å². The second kappa shape index (κ2) is 5.75. The zero-order valence-corrected chi connectivity index (χ0v) is 11.7. The zero-order chi connectivity index (χ0) is 13.9. The molecule has 2 aromatic rings. The lowest BCUT2D eigenvalue weighted by Crippen LogP contribution is -2.25. The molecule has 3 rings (SSSR count). The highest BCUT2D eigenvalue weighted by molar-refractivity contribution is 5.61. The number of hydrogen-bond acceptors (Lipinski definition) is 2. The van der Waals surface area contributed by atoms with Gasteiger partial charge in [-0.25, -0.2) is 9.37 Å². The second-order valence-electron chi connectivity index (χ2n) is 5.53. The molecule has 0 spiro atoms. The second-order valence-corrected chi connectivity index (χ2v) is 5.53. The summed E-state index contributed by atoms with van der Waals surface area (Å²) in [4.78, 5) is 7.89. The summed E-state index contributed by atoms with van der Waals surface area (Å²) in [7, 11) is 0. The van der Waals surface area contributed by atoms with E-state index in [0.29, 0.717) is 6.04 Å². The normalized spacial score (nSPS) is 15.9. The Labute approximate surface area is 118 Å². The van der Waals surface area contributed by atoms with Crippen molar-refractivity contribution in [1.29, 1.82) is 0 Å². The van der Waals surface area contributed by atoms with Crippen molar-refractivity contribution in [1.82, 2.24) is 15.3 Å². The van der Waals surface area contributed by atoms with E-state index in [1.165, 1.54) is 37.8 Å². The van der Waals surface area contributed by atoms with E-state index in [0.717, 1.165) is 29.3 Å². The highest BCUT2D eigenvalue weighted by Gasteiger charge is 2.15. The predicted octanol–water partition coefficient (Wildman–Crippen LogP) is 3.56. The Morgan fingerprint density at radius 2 is 2.15 bits per heavy atom. The molecule has 0 unspecified atom stereocenters. The molecule has 1 aromatic heterocycles. The summed E-state index contributed by atoms with van der Waals surface area (Å²) >= 11 is 0. The first-order valence-corrected chi connectivity index (χ1v) is 7.27. The lowest BCUT2D eigenvalue weighted by molar-refractivity contribution is 0.515. The fourth-order valence-corrected chi connectivity index (χ4v) is 2.89. The van der Waals surface area contributed by atoms with Gasteiger partial charge in [0.25, 0.3) is 0 Å². The molecule has 1 fully saturated rings. The minimum atomic E-state index is -0.226. The van der Waals surface area contributed by atoms with Gasteiger partial charge >= 0.3 is 0 Å². The topological polar surface area (TPSA) is 40.7 Å². The third kappa shape index (κ3) is 2.90. The van der Waals surface area contributed by atoms with Crippen molar-refractivity contribution in [2.24, 2.45) is 0 Å². The van der Waals surface area contributed by atoms with Crippen LogP contribution in [0.3, 0.4) is 0 Å². The van der Waals surface area contributed by atoms with Crippen LogP contribution in [0.4, 0.5) is 4.39 Å². The average molecular weight is 273 g/mol. The average Bonchev–Trinajstić information content (AvgIpc) is 3.05. The van der Waals surface area contributed by atoms with Gasteiger partial charge in [0.15, 0.2) is 0 Å². The zero-order valence-electron chi connectivity index (χ0n) is 11.7. The van der Waals surface area contributed by atoms with Crippen molar-refractivity contribution in [2.45, 2.75) is 45.2 Å². The molecule has 0 bridgehead atoms. The molecule has 1 aliphatic carbocycles. The number of nitrogens with one attached hydrogen (secondary N) is 2. The molecule has 0 saturated heterocycles. The molecule has 106 valence electrons. The first-order valence-electron chi connectivity index (χ1n) is 7.27. The summed E-state index contributed by atoms with van der Waals surface area (Å²) < 4.78 is 13.3. The van der Waals surface area contributed by atoms with E-state index < -0.39 is 0 Å². The molecular formula is C16H20FN3. The Morgan fingerprint density at radius 1 is 1.35 bits per heavy atom. The molecule has 1 aliphatic rings. The van der Waals surface area contributed by atoms with Crippen LogP contribution < -0.4 is 5.32 Å².